The Labute approximate surface area is 337 Å². The molecule has 4 N–H and O–H groups in total. The van der Waals surface area contributed by atoms with Crippen LogP contribution in [0.15, 0.2) is 59.6 Å². The molecule has 56 heavy (non-hydrogen) atoms. The molecule has 0 saturated carbocycles. The van der Waals surface area contributed by atoms with E-state index in [9.17, 15) is 24.0 Å². The third-order valence-electron chi connectivity index (χ3n) is 7.29. The van der Waals surface area contributed by atoms with Gasteiger partial charge < -0.3 is 35.4 Å². The molecule has 2 aromatic heterocycles. The second-order valence-corrected chi connectivity index (χ2v) is 16.4. The van der Waals surface area contributed by atoms with E-state index in [2.05, 4.69) is 25.3 Å². The highest BCUT2D eigenvalue weighted by atomic mass is 32.1. The smallest absolute Gasteiger partial charge is 0.408 e. The van der Waals surface area contributed by atoms with Crippen molar-refractivity contribution in [2.75, 3.05) is 0 Å². The van der Waals surface area contributed by atoms with Gasteiger partial charge in [-0.15, -0.1) is 22.7 Å². The molecule has 0 aliphatic carbocycles. The second kappa shape index (κ2) is 21.9. The number of esters is 2. The minimum Gasteiger partial charge on any atom is -0.444 e. The Balaban J connectivity index is 0.000000332. The normalized spacial score (nSPS) is 12.0. The van der Waals surface area contributed by atoms with Crippen LogP contribution in [0.2, 0.25) is 0 Å². The van der Waals surface area contributed by atoms with Crippen LogP contribution in [0.5, 0.6) is 0 Å². The molecule has 0 saturated heterocycles. The Morgan fingerprint density at radius 3 is 1.36 bits per heavy atom. The molecule has 304 valence electrons. The van der Waals surface area contributed by atoms with Crippen molar-refractivity contribution < 1.29 is 38.2 Å². The molecule has 0 bridgehead atoms. The predicted octanol–water partition coefficient (Wildman–Crippen LogP) is 8.87. The molecular weight excluding hydrogens is 755 g/mol. The van der Waals surface area contributed by atoms with Crippen molar-refractivity contribution in [3.8, 4) is 20.9 Å². The Hall–Kier alpha value is -4.99. The summed E-state index contributed by atoms with van der Waals surface area (Å²) in [6.45, 7) is 19.3. The number of thiazole rings is 2. The fraction of sp³-hybridized carbons (Fsp3) is 0.439. The number of nitrogens with zero attached hydrogens (tertiary/aromatic N) is 2. The standard InChI is InChI=1S/C20H26N2O3S.C17H23N3O2S.C4H6O3/c1-13(23)6-11-17-18(26-12-21-17)16-9-7-15(8-10-16)14(2)22-19(24)25-20(3,4)5;1-11(20-16(21)22-17(2,3)4)12-5-7-13(8-6-12)15-14(9-18)19-10-23-15;1-3(5)7-4(2)6/h7-10,12,14H,6,11H2,1-5H3,(H,22,24);5-8,10-11H,9,18H2,1-4H3,(H,20,21);1-2H3/t14-;11-;/m00./s1. The molecular formula is C41H55N5O8S2. The fourth-order valence-electron chi connectivity index (χ4n) is 4.81. The van der Waals surface area contributed by atoms with Gasteiger partial charge in [0.25, 0.3) is 0 Å². The summed E-state index contributed by atoms with van der Waals surface area (Å²) in [4.78, 5) is 65.4. The lowest BCUT2D eigenvalue weighted by Crippen LogP contribution is -2.34. The number of ketones is 1. The SMILES string of the molecule is CC(=O)CCc1ncsc1-c1ccc([C@H](C)NC(=O)OC(C)(C)C)cc1.CC(=O)OC(C)=O.C[C@H](NC(=O)OC(C)(C)C)c1ccc(-c2scnc2CN)cc1. The van der Waals surface area contributed by atoms with Gasteiger partial charge in [0.15, 0.2) is 0 Å². The van der Waals surface area contributed by atoms with Crippen molar-refractivity contribution in [2.24, 2.45) is 5.73 Å². The number of carbonyl (C=O) groups excluding carboxylic acids is 5. The highest BCUT2D eigenvalue weighted by Gasteiger charge is 2.20. The average molecular weight is 810 g/mol. The van der Waals surface area contributed by atoms with E-state index in [4.69, 9.17) is 15.2 Å². The van der Waals surface area contributed by atoms with Crippen LogP contribution >= 0.6 is 22.7 Å². The fourth-order valence-corrected chi connectivity index (χ4v) is 6.49. The van der Waals surface area contributed by atoms with Gasteiger partial charge in [0.2, 0.25) is 0 Å². The number of rotatable bonds is 10. The van der Waals surface area contributed by atoms with Crippen LogP contribution in [0.3, 0.4) is 0 Å². The minimum atomic E-state index is -0.562. The third kappa shape index (κ3) is 17.6. The topological polar surface area (TPSA) is 189 Å². The number of amides is 2. The third-order valence-corrected chi connectivity index (χ3v) is 9.12. The second-order valence-electron chi connectivity index (χ2n) is 14.7. The molecule has 2 aromatic carbocycles. The maximum Gasteiger partial charge on any atom is 0.408 e. The first kappa shape index (κ1) is 47.2. The Morgan fingerprint density at radius 1 is 0.661 bits per heavy atom. The zero-order chi connectivity index (χ0) is 42.2. The van der Waals surface area contributed by atoms with Crippen molar-refractivity contribution in [3.05, 3.63) is 82.1 Å². The zero-order valence-electron chi connectivity index (χ0n) is 34.1. The summed E-state index contributed by atoms with van der Waals surface area (Å²) in [5.74, 6) is -0.957. The van der Waals surface area contributed by atoms with Crippen LogP contribution < -0.4 is 16.4 Å². The summed E-state index contributed by atoms with van der Waals surface area (Å²) < 4.78 is 14.5. The minimum absolute atomic E-state index is 0.130. The van der Waals surface area contributed by atoms with E-state index in [0.29, 0.717) is 19.4 Å². The van der Waals surface area contributed by atoms with E-state index in [1.165, 1.54) is 13.8 Å². The molecule has 13 nitrogen and oxygen atoms in total. The van der Waals surface area contributed by atoms with Crippen LogP contribution in [-0.2, 0) is 41.6 Å². The van der Waals surface area contributed by atoms with Gasteiger partial charge in [0.05, 0.1) is 44.2 Å². The number of benzene rings is 2. The van der Waals surface area contributed by atoms with Crippen LogP contribution in [-0.4, -0.2) is 51.1 Å². The van der Waals surface area contributed by atoms with Crippen molar-refractivity contribution in [2.45, 2.75) is 119 Å². The Bertz CT molecular complexity index is 1880. The summed E-state index contributed by atoms with van der Waals surface area (Å²) in [7, 11) is 0. The van der Waals surface area contributed by atoms with Crippen molar-refractivity contribution in [1.29, 1.82) is 0 Å². The summed E-state index contributed by atoms with van der Waals surface area (Å²) in [6.07, 6.45) is 0.322. The van der Waals surface area contributed by atoms with E-state index in [1.807, 2.05) is 109 Å². The molecule has 0 radical (unpaired) electrons. The molecule has 4 aromatic rings. The highest BCUT2D eigenvalue weighted by molar-refractivity contribution is 7.13. The first-order chi connectivity index (χ1) is 26.1. The predicted molar refractivity (Wildman–Crippen MR) is 220 cm³/mol. The number of hydrogen-bond acceptors (Lipinski definition) is 13. The van der Waals surface area contributed by atoms with E-state index >= 15 is 0 Å². The van der Waals surface area contributed by atoms with E-state index < -0.39 is 35.3 Å². The van der Waals surface area contributed by atoms with Gasteiger partial charge in [-0.25, -0.2) is 19.6 Å². The van der Waals surface area contributed by atoms with Crippen LogP contribution in [0.4, 0.5) is 9.59 Å². The number of Topliss-reactive ketones (excluding diaryl/α,β-unsaturated/α-hetero) is 1. The number of aromatic nitrogens is 2. The largest absolute Gasteiger partial charge is 0.444 e. The monoisotopic (exact) mass is 809 g/mol. The van der Waals surface area contributed by atoms with Crippen LogP contribution in [0, 0.1) is 0 Å². The summed E-state index contributed by atoms with van der Waals surface area (Å²) in [6, 6.07) is 15.8. The number of hydrogen-bond donors (Lipinski definition) is 3. The quantitative estimate of drug-likeness (QED) is 0.0788. The van der Waals surface area contributed by atoms with Gasteiger partial charge >= 0.3 is 24.1 Å². The molecule has 2 atom stereocenters. The lowest BCUT2D eigenvalue weighted by Gasteiger charge is -2.22. The molecule has 2 amide bonds. The Kier molecular flexibility index (Phi) is 18.5. The van der Waals surface area contributed by atoms with Gasteiger partial charge in [-0.2, -0.15) is 0 Å². The number of nitrogens with one attached hydrogen (secondary N) is 2. The van der Waals surface area contributed by atoms with Gasteiger partial charge in [0, 0.05) is 26.8 Å². The number of carbonyl (C=O) groups is 5. The van der Waals surface area contributed by atoms with Gasteiger partial charge in [-0.05, 0) is 91.0 Å². The van der Waals surface area contributed by atoms with Gasteiger partial charge in [0.1, 0.15) is 17.0 Å². The molecule has 0 unspecified atom stereocenters. The van der Waals surface area contributed by atoms with Crippen molar-refractivity contribution in [1.82, 2.24) is 20.6 Å². The lowest BCUT2D eigenvalue weighted by molar-refractivity contribution is -0.156. The maximum atomic E-state index is 11.9. The van der Waals surface area contributed by atoms with E-state index in [-0.39, 0.29) is 17.9 Å². The van der Waals surface area contributed by atoms with Crippen LogP contribution in [0.25, 0.3) is 20.9 Å². The summed E-state index contributed by atoms with van der Waals surface area (Å²) in [5, 5.41) is 5.68. The average Bonchev–Trinajstić information content (AvgIpc) is 3.76. The van der Waals surface area contributed by atoms with E-state index in [1.54, 1.807) is 35.1 Å². The maximum absolute atomic E-state index is 11.9. The van der Waals surface area contributed by atoms with Crippen LogP contribution in [0.1, 0.15) is 117 Å². The molecule has 15 heteroatoms. The number of aryl methyl sites for hydroxylation is 1. The Morgan fingerprint density at radius 2 is 1.04 bits per heavy atom. The van der Waals surface area contributed by atoms with Gasteiger partial charge in [-0.3, -0.25) is 9.59 Å². The first-order valence-corrected chi connectivity index (χ1v) is 19.8. The summed E-state index contributed by atoms with van der Waals surface area (Å²) in [5.41, 5.74) is 14.3. The van der Waals surface area contributed by atoms with E-state index in [0.717, 1.165) is 43.4 Å². The lowest BCUT2D eigenvalue weighted by atomic mass is 10.0. The molecule has 4 rings (SSSR count). The number of ether oxygens (including phenoxy) is 3. The molecule has 0 spiro atoms. The highest BCUT2D eigenvalue weighted by Crippen LogP contribution is 2.30. The molecule has 0 aliphatic heterocycles. The summed E-state index contributed by atoms with van der Waals surface area (Å²) >= 11 is 3.15. The molecule has 0 aliphatic rings. The van der Waals surface area contributed by atoms with Crippen molar-refractivity contribution >= 4 is 52.6 Å². The molecule has 2 heterocycles. The first-order valence-electron chi connectivity index (χ1n) is 18.0. The number of nitrogens with two attached hydrogens (primary N) is 1. The van der Waals surface area contributed by atoms with Gasteiger partial charge in [-0.1, -0.05) is 48.5 Å². The zero-order valence-corrected chi connectivity index (χ0v) is 35.7. The molecule has 0 fully saturated rings. The number of alkyl carbamates (subject to hydrolysis) is 2. The van der Waals surface area contributed by atoms with Crippen molar-refractivity contribution in [3.63, 3.8) is 0 Å².